The van der Waals surface area contributed by atoms with Crippen molar-refractivity contribution in [3.05, 3.63) is 101 Å². The molecule has 2 atom stereocenters. The molecule has 0 spiro atoms. The fraction of sp³-hybridized carbons (Fsp3) is 0.200. The zero-order chi connectivity index (χ0) is 23.6. The second-order valence-corrected chi connectivity index (χ2v) is 9.63. The highest BCUT2D eigenvalue weighted by molar-refractivity contribution is 7.89. The van der Waals surface area contributed by atoms with E-state index in [0.29, 0.717) is 24.1 Å². The van der Waals surface area contributed by atoms with Crippen molar-refractivity contribution in [1.82, 2.24) is 10.2 Å². The lowest BCUT2D eigenvalue weighted by Gasteiger charge is -2.39. The number of fused-ring (bicyclic) bond motifs is 1. The van der Waals surface area contributed by atoms with Crippen molar-refractivity contribution < 1.29 is 18.0 Å². The van der Waals surface area contributed by atoms with Gasteiger partial charge in [-0.3, -0.25) is 9.59 Å². The van der Waals surface area contributed by atoms with Crippen LogP contribution in [-0.2, 0) is 21.2 Å². The molecule has 3 aromatic rings. The average molecular weight is 464 g/mol. The molecule has 4 rings (SSSR count). The van der Waals surface area contributed by atoms with Crippen molar-refractivity contribution in [2.45, 2.75) is 23.3 Å². The molecule has 0 aromatic heterocycles. The molecular formula is C25H25N3O4S. The Hall–Kier alpha value is -3.49. The zero-order valence-corrected chi connectivity index (χ0v) is 19.0. The van der Waals surface area contributed by atoms with Crippen molar-refractivity contribution in [3.8, 4) is 0 Å². The Balaban J connectivity index is 1.56. The quantitative estimate of drug-likeness (QED) is 0.586. The summed E-state index contributed by atoms with van der Waals surface area (Å²) >= 11 is 0. The van der Waals surface area contributed by atoms with Crippen molar-refractivity contribution in [3.63, 3.8) is 0 Å². The van der Waals surface area contributed by atoms with E-state index in [1.807, 2.05) is 42.5 Å². The standard InChI is InChI=1S/C25H25N3O4S/c1-28-23(18-7-3-2-4-8-18)22(20-9-5-6-10-21(20)25(28)30)24(29)27-16-15-17-11-13-19(14-12-17)33(26,31)32/h2-14,22-23H,15-16H2,1H3,(H,27,29)(H2,26,31,32)/t22-,23+/m1/s1. The lowest BCUT2D eigenvalue weighted by atomic mass is 9.79. The molecule has 1 aliphatic rings. The summed E-state index contributed by atoms with van der Waals surface area (Å²) in [6, 6.07) is 22.6. The van der Waals surface area contributed by atoms with Crippen molar-refractivity contribution in [1.29, 1.82) is 0 Å². The van der Waals surface area contributed by atoms with Crippen LogP contribution in [0.4, 0.5) is 0 Å². The first-order valence-electron chi connectivity index (χ1n) is 10.6. The van der Waals surface area contributed by atoms with E-state index in [-0.39, 0.29) is 16.7 Å². The van der Waals surface area contributed by atoms with Crippen LogP contribution < -0.4 is 10.5 Å². The molecule has 0 saturated heterocycles. The lowest BCUT2D eigenvalue weighted by molar-refractivity contribution is -0.124. The van der Waals surface area contributed by atoms with Crippen LogP contribution in [0.15, 0.2) is 83.8 Å². The second-order valence-electron chi connectivity index (χ2n) is 8.07. The molecule has 0 saturated carbocycles. The summed E-state index contributed by atoms with van der Waals surface area (Å²) in [4.78, 5) is 28.1. The number of nitrogens with two attached hydrogens (primary N) is 1. The lowest BCUT2D eigenvalue weighted by Crippen LogP contribution is -2.45. The number of hydrogen-bond donors (Lipinski definition) is 2. The van der Waals surface area contributed by atoms with Gasteiger partial charge in [0.2, 0.25) is 15.9 Å². The van der Waals surface area contributed by atoms with Gasteiger partial charge in [-0.25, -0.2) is 13.6 Å². The maximum atomic E-state index is 13.4. The number of nitrogens with one attached hydrogen (secondary N) is 1. The second kappa shape index (κ2) is 9.17. The molecule has 3 aromatic carbocycles. The first kappa shape index (κ1) is 22.7. The Morgan fingerprint density at radius 2 is 1.61 bits per heavy atom. The molecule has 8 heteroatoms. The first-order valence-corrected chi connectivity index (χ1v) is 12.1. The molecule has 2 amide bonds. The third-order valence-electron chi connectivity index (χ3n) is 5.97. The highest BCUT2D eigenvalue weighted by Crippen LogP contribution is 2.41. The normalized spacial score (nSPS) is 18.0. The number of carbonyl (C=O) groups is 2. The highest BCUT2D eigenvalue weighted by atomic mass is 32.2. The third kappa shape index (κ3) is 4.67. The smallest absolute Gasteiger partial charge is 0.254 e. The number of carbonyl (C=O) groups excluding carboxylic acids is 2. The molecule has 0 unspecified atom stereocenters. The van der Waals surface area contributed by atoms with Crippen LogP contribution in [0.25, 0.3) is 0 Å². The number of amides is 2. The number of hydrogen-bond acceptors (Lipinski definition) is 4. The maximum absolute atomic E-state index is 13.4. The van der Waals surface area contributed by atoms with E-state index < -0.39 is 22.0 Å². The molecule has 0 aliphatic carbocycles. The number of primary sulfonamides is 1. The van der Waals surface area contributed by atoms with Gasteiger partial charge in [0.1, 0.15) is 0 Å². The van der Waals surface area contributed by atoms with E-state index in [0.717, 1.165) is 11.1 Å². The van der Waals surface area contributed by atoms with E-state index >= 15 is 0 Å². The maximum Gasteiger partial charge on any atom is 0.254 e. The van der Waals surface area contributed by atoms with E-state index in [9.17, 15) is 18.0 Å². The first-order chi connectivity index (χ1) is 15.8. The molecule has 1 heterocycles. The van der Waals surface area contributed by atoms with Gasteiger partial charge in [0.25, 0.3) is 5.91 Å². The molecule has 0 radical (unpaired) electrons. The molecule has 0 fully saturated rings. The van der Waals surface area contributed by atoms with Crippen LogP contribution in [0, 0.1) is 0 Å². The van der Waals surface area contributed by atoms with Crippen molar-refractivity contribution in [2.24, 2.45) is 5.14 Å². The number of sulfonamides is 1. The predicted octanol–water partition coefficient (Wildman–Crippen LogP) is 2.60. The summed E-state index contributed by atoms with van der Waals surface area (Å²) < 4.78 is 22.8. The largest absolute Gasteiger partial charge is 0.355 e. The fourth-order valence-corrected chi connectivity index (χ4v) is 4.83. The summed E-state index contributed by atoms with van der Waals surface area (Å²) in [5.41, 5.74) is 3.01. The number of benzene rings is 3. The minimum atomic E-state index is -3.74. The Morgan fingerprint density at radius 3 is 2.27 bits per heavy atom. The topological polar surface area (TPSA) is 110 Å². The van der Waals surface area contributed by atoms with Crippen molar-refractivity contribution >= 4 is 21.8 Å². The van der Waals surface area contributed by atoms with Gasteiger partial charge in [-0.1, -0.05) is 60.7 Å². The molecule has 3 N–H and O–H groups in total. The molecule has 1 aliphatic heterocycles. The minimum Gasteiger partial charge on any atom is -0.355 e. The van der Waals surface area contributed by atoms with E-state index in [4.69, 9.17) is 5.14 Å². The minimum absolute atomic E-state index is 0.0486. The van der Waals surface area contributed by atoms with Gasteiger partial charge in [-0.05, 0) is 41.3 Å². The van der Waals surface area contributed by atoms with Gasteiger partial charge >= 0.3 is 0 Å². The van der Waals surface area contributed by atoms with Crippen LogP contribution in [0.3, 0.4) is 0 Å². The number of nitrogens with zero attached hydrogens (tertiary/aromatic N) is 1. The molecular weight excluding hydrogens is 438 g/mol. The summed E-state index contributed by atoms with van der Waals surface area (Å²) in [6.45, 7) is 0.366. The van der Waals surface area contributed by atoms with Crippen LogP contribution in [0.5, 0.6) is 0 Å². The van der Waals surface area contributed by atoms with Gasteiger partial charge in [0, 0.05) is 19.2 Å². The van der Waals surface area contributed by atoms with Gasteiger partial charge in [-0.15, -0.1) is 0 Å². The summed E-state index contributed by atoms with van der Waals surface area (Å²) in [5, 5.41) is 8.14. The Bertz CT molecular complexity index is 1270. The average Bonchev–Trinajstić information content (AvgIpc) is 2.81. The number of rotatable bonds is 6. The summed E-state index contributed by atoms with van der Waals surface area (Å²) in [6.07, 6.45) is 0.524. The van der Waals surface area contributed by atoms with Crippen LogP contribution >= 0.6 is 0 Å². The Labute approximate surface area is 193 Å². The van der Waals surface area contributed by atoms with Crippen LogP contribution in [0.1, 0.15) is 39.0 Å². The van der Waals surface area contributed by atoms with Gasteiger partial charge in [0.15, 0.2) is 0 Å². The monoisotopic (exact) mass is 463 g/mol. The zero-order valence-electron chi connectivity index (χ0n) is 18.1. The molecule has 0 bridgehead atoms. The third-order valence-corrected chi connectivity index (χ3v) is 6.90. The van der Waals surface area contributed by atoms with E-state index in [1.54, 1.807) is 36.2 Å². The molecule has 170 valence electrons. The van der Waals surface area contributed by atoms with Crippen LogP contribution in [-0.4, -0.2) is 38.7 Å². The predicted molar refractivity (Wildman–Crippen MR) is 125 cm³/mol. The fourth-order valence-electron chi connectivity index (χ4n) is 4.31. The van der Waals surface area contributed by atoms with Gasteiger partial charge in [-0.2, -0.15) is 0 Å². The Morgan fingerprint density at radius 1 is 0.970 bits per heavy atom. The van der Waals surface area contributed by atoms with E-state index in [1.165, 1.54) is 12.1 Å². The summed E-state index contributed by atoms with van der Waals surface area (Å²) in [5.74, 6) is -0.841. The number of likely N-dealkylation sites (N-methyl/N-ethyl adjacent to an activating group) is 1. The SMILES string of the molecule is CN1C(=O)c2ccccc2[C@@H](C(=O)NCCc2ccc(S(N)(=O)=O)cc2)[C@@H]1c1ccccc1. The van der Waals surface area contributed by atoms with Gasteiger partial charge < -0.3 is 10.2 Å². The van der Waals surface area contributed by atoms with Gasteiger partial charge in [0.05, 0.1) is 16.9 Å². The van der Waals surface area contributed by atoms with E-state index in [2.05, 4.69) is 5.32 Å². The molecule has 7 nitrogen and oxygen atoms in total. The Kier molecular flexibility index (Phi) is 6.31. The molecule has 33 heavy (non-hydrogen) atoms. The van der Waals surface area contributed by atoms with Crippen molar-refractivity contribution in [2.75, 3.05) is 13.6 Å². The summed E-state index contributed by atoms with van der Waals surface area (Å²) in [7, 11) is -2.02. The highest BCUT2D eigenvalue weighted by Gasteiger charge is 2.42. The van der Waals surface area contributed by atoms with Crippen LogP contribution in [0.2, 0.25) is 0 Å².